The Morgan fingerprint density at radius 3 is 2.39 bits per heavy atom. The van der Waals surface area contributed by atoms with E-state index in [4.69, 9.17) is 4.74 Å². The molecule has 2 aromatic carbocycles. The number of rotatable bonds is 6. The largest absolute Gasteiger partial charge is 0.376 e. The molecule has 0 radical (unpaired) electrons. The van der Waals surface area contributed by atoms with Gasteiger partial charge in [0.25, 0.3) is 10.0 Å². The third-order valence-corrected chi connectivity index (χ3v) is 7.84. The van der Waals surface area contributed by atoms with Crippen LogP contribution in [0.4, 0.5) is 5.69 Å². The van der Waals surface area contributed by atoms with E-state index in [1.54, 1.807) is 12.1 Å². The van der Waals surface area contributed by atoms with Crippen LogP contribution in [0.3, 0.4) is 0 Å². The lowest BCUT2D eigenvalue weighted by Gasteiger charge is -2.43. The van der Waals surface area contributed by atoms with Gasteiger partial charge in [0.1, 0.15) is 5.54 Å². The lowest BCUT2D eigenvalue weighted by atomic mass is 9.87. The van der Waals surface area contributed by atoms with Crippen LogP contribution >= 0.6 is 0 Å². The SMILES string of the molecule is CC(=NS(=O)(=O)c1ccc(NC2(c3ccccc3)COC2)c(C)c1)C1CCN(C)CC1. The van der Waals surface area contributed by atoms with Crippen LogP contribution in [0.1, 0.15) is 30.9 Å². The van der Waals surface area contributed by atoms with Crippen molar-refractivity contribution in [2.75, 3.05) is 38.7 Å². The average Bonchev–Trinajstić information content (AvgIpc) is 2.72. The number of aryl methyl sites for hydroxylation is 1. The zero-order valence-corrected chi connectivity index (χ0v) is 19.3. The summed E-state index contributed by atoms with van der Waals surface area (Å²) in [5, 5.41) is 3.59. The van der Waals surface area contributed by atoms with Crippen LogP contribution in [-0.4, -0.2) is 52.4 Å². The van der Waals surface area contributed by atoms with Gasteiger partial charge in [-0.1, -0.05) is 30.3 Å². The fourth-order valence-corrected chi connectivity index (χ4v) is 5.51. The van der Waals surface area contributed by atoms with Gasteiger partial charge in [-0.3, -0.25) is 0 Å². The number of hydrogen-bond donors (Lipinski definition) is 1. The van der Waals surface area contributed by atoms with Crippen molar-refractivity contribution >= 4 is 21.4 Å². The van der Waals surface area contributed by atoms with Gasteiger partial charge in [0.15, 0.2) is 0 Å². The molecule has 0 bridgehead atoms. The van der Waals surface area contributed by atoms with Gasteiger partial charge in [0, 0.05) is 17.3 Å². The molecular weight excluding hydrogens is 410 g/mol. The van der Waals surface area contributed by atoms with Crippen molar-refractivity contribution in [2.24, 2.45) is 10.3 Å². The minimum atomic E-state index is -3.73. The Morgan fingerprint density at radius 2 is 1.81 bits per heavy atom. The molecule has 0 aromatic heterocycles. The van der Waals surface area contributed by atoms with Gasteiger partial charge in [0.2, 0.25) is 0 Å². The van der Waals surface area contributed by atoms with Gasteiger partial charge in [-0.15, -0.1) is 0 Å². The molecule has 0 unspecified atom stereocenters. The summed E-state index contributed by atoms with van der Waals surface area (Å²) in [5.74, 6) is 0.234. The number of piperidine rings is 1. The summed E-state index contributed by atoms with van der Waals surface area (Å²) in [5.41, 5.74) is 3.37. The Hall–Kier alpha value is -2.22. The first-order valence-electron chi connectivity index (χ1n) is 10.8. The molecule has 0 aliphatic carbocycles. The monoisotopic (exact) mass is 441 g/mol. The van der Waals surface area contributed by atoms with Crippen molar-refractivity contribution in [2.45, 2.75) is 37.1 Å². The van der Waals surface area contributed by atoms with E-state index in [9.17, 15) is 8.42 Å². The zero-order valence-electron chi connectivity index (χ0n) is 18.5. The van der Waals surface area contributed by atoms with Crippen LogP contribution in [0.15, 0.2) is 57.8 Å². The smallest absolute Gasteiger partial charge is 0.282 e. The number of likely N-dealkylation sites (tertiary alicyclic amines) is 1. The van der Waals surface area contributed by atoms with Gasteiger partial charge >= 0.3 is 0 Å². The fourth-order valence-electron chi connectivity index (χ4n) is 4.31. The molecule has 7 heteroatoms. The Morgan fingerprint density at radius 1 is 1.13 bits per heavy atom. The van der Waals surface area contributed by atoms with Crippen LogP contribution < -0.4 is 5.32 Å². The maximum atomic E-state index is 12.9. The molecule has 0 spiro atoms. The summed E-state index contributed by atoms with van der Waals surface area (Å²) < 4.78 is 35.6. The highest BCUT2D eigenvalue weighted by Crippen LogP contribution is 2.35. The van der Waals surface area contributed by atoms with Crippen LogP contribution in [0.25, 0.3) is 0 Å². The van der Waals surface area contributed by atoms with Gasteiger partial charge in [0.05, 0.1) is 18.1 Å². The van der Waals surface area contributed by atoms with Crippen LogP contribution in [0.5, 0.6) is 0 Å². The molecule has 2 aliphatic rings. The number of ether oxygens (including phenoxy) is 1. The second-order valence-electron chi connectivity index (χ2n) is 8.83. The lowest BCUT2D eigenvalue weighted by Crippen LogP contribution is -2.53. The van der Waals surface area contributed by atoms with Crippen LogP contribution in [0, 0.1) is 12.8 Å². The second kappa shape index (κ2) is 8.73. The summed E-state index contributed by atoms with van der Waals surface area (Å²) in [7, 11) is -1.63. The van der Waals surface area contributed by atoms with Crippen molar-refractivity contribution < 1.29 is 13.2 Å². The minimum absolute atomic E-state index is 0.234. The summed E-state index contributed by atoms with van der Waals surface area (Å²) in [4.78, 5) is 2.50. The van der Waals surface area contributed by atoms with Gasteiger partial charge in [-0.05, 0) is 76.2 Å². The number of sulfonamides is 1. The molecule has 4 rings (SSSR count). The number of benzene rings is 2. The normalized spacial score (nSPS) is 20.3. The molecule has 0 atom stereocenters. The third-order valence-electron chi connectivity index (χ3n) is 6.47. The molecule has 166 valence electrons. The second-order valence-corrected chi connectivity index (χ2v) is 10.4. The predicted octanol–water partition coefficient (Wildman–Crippen LogP) is 3.82. The number of hydrogen-bond acceptors (Lipinski definition) is 5. The minimum Gasteiger partial charge on any atom is -0.376 e. The summed E-state index contributed by atoms with van der Waals surface area (Å²) in [6, 6.07) is 15.4. The molecule has 2 aliphatic heterocycles. The van der Waals surface area contributed by atoms with E-state index in [0.29, 0.717) is 18.9 Å². The van der Waals surface area contributed by atoms with E-state index in [0.717, 1.165) is 42.7 Å². The molecule has 2 aromatic rings. The predicted molar refractivity (Wildman–Crippen MR) is 124 cm³/mol. The average molecular weight is 442 g/mol. The topological polar surface area (TPSA) is 71.0 Å². The Labute approximate surface area is 185 Å². The number of nitrogens with one attached hydrogen (secondary N) is 1. The lowest BCUT2D eigenvalue weighted by molar-refractivity contribution is -0.0447. The molecular formula is C24H31N3O3S. The highest BCUT2D eigenvalue weighted by Gasteiger charge is 2.40. The maximum absolute atomic E-state index is 12.9. The number of anilines is 1. The Kier molecular flexibility index (Phi) is 6.19. The van der Waals surface area contributed by atoms with Crippen molar-refractivity contribution in [3.8, 4) is 0 Å². The summed E-state index contributed by atoms with van der Waals surface area (Å²) >= 11 is 0. The molecule has 2 heterocycles. The van der Waals surface area contributed by atoms with Gasteiger partial charge in [-0.25, -0.2) is 0 Å². The Bertz CT molecular complexity index is 1050. The third kappa shape index (κ3) is 4.68. The van der Waals surface area contributed by atoms with Crippen LogP contribution in [0.2, 0.25) is 0 Å². The van der Waals surface area contributed by atoms with E-state index in [-0.39, 0.29) is 16.4 Å². The van der Waals surface area contributed by atoms with Crippen molar-refractivity contribution in [1.82, 2.24) is 4.90 Å². The van der Waals surface area contributed by atoms with Crippen molar-refractivity contribution in [3.05, 3.63) is 59.7 Å². The van der Waals surface area contributed by atoms with Gasteiger partial charge < -0.3 is 15.0 Å². The van der Waals surface area contributed by atoms with E-state index in [1.165, 1.54) is 0 Å². The first kappa shape index (κ1) is 22.0. The molecule has 0 saturated carbocycles. The first-order chi connectivity index (χ1) is 14.8. The molecule has 1 N–H and O–H groups in total. The van der Waals surface area contributed by atoms with Crippen LogP contribution in [-0.2, 0) is 20.3 Å². The van der Waals surface area contributed by atoms with E-state index < -0.39 is 10.0 Å². The molecule has 2 fully saturated rings. The molecule has 6 nitrogen and oxygen atoms in total. The van der Waals surface area contributed by atoms with E-state index in [2.05, 4.69) is 33.8 Å². The summed E-state index contributed by atoms with van der Waals surface area (Å²) in [6.07, 6.45) is 1.90. The Balaban J connectivity index is 1.54. The quantitative estimate of drug-likeness (QED) is 0.690. The summed E-state index contributed by atoms with van der Waals surface area (Å²) in [6.45, 7) is 6.88. The standard InChI is InChI=1S/C24H31N3O3S/c1-18-15-22(31(28,29)26-19(2)20-11-13-27(3)14-12-20)9-10-23(18)25-24(16-30-17-24)21-7-5-4-6-8-21/h4-10,15,20,25H,11-14,16-17H2,1-3H3. The highest BCUT2D eigenvalue weighted by atomic mass is 32.2. The fraction of sp³-hybridized carbons (Fsp3) is 0.458. The molecule has 31 heavy (non-hydrogen) atoms. The van der Waals surface area contributed by atoms with Crippen molar-refractivity contribution in [3.63, 3.8) is 0 Å². The van der Waals surface area contributed by atoms with E-state index in [1.807, 2.05) is 38.1 Å². The molecule has 2 saturated heterocycles. The van der Waals surface area contributed by atoms with Crippen molar-refractivity contribution in [1.29, 1.82) is 0 Å². The highest BCUT2D eigenvalue weighted by molar-refractivity contribution is 7.90. The van der Waals surface area contributed by atoms with Gasteiger partial charge in [-0.2, -0.15) is 12.8 Å². The first-order valence-corrected chi connectivity index (χ1v) is 12.3. The van der Waals surface area contributed by atoms with E-state index >= 15 is 0 Å². The number of nitrogens with zero attached hydrogens (tertiary/aromatic N) is 2. The molecule has 0 amide bonds. The zero-order chi connectivity index (χ0) is 22.1. The maximum Gasteiger partial charge on any atom is 0.282 e.